The summed E-state index contributed by atoms with van der Waals surface area (Å²) in [5.74, 6) is 3.13. The van der Waals surface area contributed by atoms with Crippen LogP contribution < -0.4 is 0 Å². The summed E-state index contributed by atoms with van der Waals surface area (Å²) in [4.78, 5) is 2.85. The molecule has 0 aromatic carbocycles. The number of likely N-dealkylation sites (tertiary alicyclic amines) is 1. The van der Waals surface area contributed by atoms with Crippen molar-refractivity contribution >= 4 is 0 Å². The molecule has 3 rings (SSSR count). The van der Waals surface area contributed by atoms with Crippen LogP contribution in [0.2, 0.25) is 0 Å². The summed E-state index contributed by atoms with van der Waals surface area (Å²) >= 11 is 0. The summed E-state index contributed by atoms with van der Waals surface area (Å²) in [6.45, 7) is 10.0. The predicted molar refractivity (Wildman–Crippen MR) is 73.0 cm³/mol. The van der Waals surface area contributed by atoms with E-state index in [0.717, 1.165) is 23.8 Å². The van der Waals surface area contributed by atoms with Crippen LogP contribution in [0.25, 0.3) is 0 Å². The Labute approximate surface area is 107 Å². The molecule has 1 heteroatoms. The first-order valence-electron chi connectivity index (χ1n) is 7.78. The van der Waals surface area contributed by atoms with E-state index in [0.29, 0.717) is 5.41 Å². The lowest BCUT2D eigenvalue weighted by Crippen LogP contribution is -2.45. The molecular formula is C16H29N. The second kappa shape index (κ2) is 4.26. The Balaban J connectivity index is 1.55. The topological polar surface area (TPSA) is 3.24 Å². The monoisotopic (exact) mass is 235 g/mol. The molecule has 0 spiro atoms. The highest BCUT2D eigenvalue weighted by Crippen LogP contribution is 2.47. The third kappa shape index (κ3) is 2.28. The predicted octanol–water partition coefficient (Wildman–Crippen LogP) is 3.93. The van der Waals surface area contributed by atoms with Gasteiger partial charge in [0, 0.05) is 6.04 Å². The minimum Gasteiger partial charge on any atom is -0.300 e. The SMILES string of the molecule is CC(C)(C)C1CCN([C@H]2C[C@@H]3CC[C@H]2C3)CC1. The fourth-order valence-corrected chi connectivity index (χ4v) is 4.76. The molecule has 1 saturated heterocycles. The lowest BCUT2D eigenvalue weighted by molar-refractivity contribution is 0.0617. The molecule has 0 N–H and O–H groups in total. The third-order valence-corrected chi connectivity index (χ3v) is 5.92. The van der Waals surface area contributed by atoms with E-state index in [2.05, 4.69) is 25.7 Å². The van der Waals surface area contributed by atoms with Gasteiger partial charge in [-0.05, 0) is 68.4 Å². The van der Waals surface area contributed by atoms with E-state index >= 15 is 0 Å². The van der Waals surface area contributed by atoms with E-state index in [-0.39, 0.29) is 0 Å². The van der Waals surface area contributed by atoms with Crippen LogP contribution in [0.5, 0.6) is 0 Å². The lowest BCUT2D eigenvalue weighted by Gasteiger charge is -2.43. The van der Waals surface area contributed by atoms with Crippen molar-refractivity contribution in [2.75, 3.05) is 13.1 Å². The molecule has 17 heavy (non-hydrogen) atoms. The zero-order valence-electron chi connectivity index (χ0n) is 11.9. The highest BCUT2D eigenvalue weighted by molar-refractivity contribution is 4.96. The number of fused-ring (bicyclic) bond motifs is 2. The minimum atomic E-state index is 0.529. The van der Waals surface area contributed by atoms with Crippen molar-refractivity contribution in [3.63, 3.8) is 0 Å². The van der Waals surface area contributed by atoms with Gasteiger partial charge >= 0.3 is 0 Å². The standard InChI is InChI=1S/C16H29N/c1-16(2,3)14-6-8-17(9-7-14)15-11-12-4-5-13(15)10-12/h12-15H,4-11H2,1-3H3/t12-,13+,15+/m1/s1. The Morgan fingerprint density at radius 2 is 1.59 bits per heavy atom. The van der Waals surface area contributed by atoms with Crippen LogP contribution in [0.3, 0.4) is 0 Å². The molecule has 1 heterocycles. The van der Waals surface area contributed by atoms with Crippen LogP contribution >= 0.6 is 0 Å². The summed E-state index contributed by atoms with van der Waals surface area (Å²) in [5.41, 5.74) is 0.529. The molecule has 2 bridgehead atoms. The zero-order valence-corrected chi connectivity index (χ0v) is 11.9. The molecule has 1 aliphatic heterocycles. The van der Waals surface area contributed by atoms with Gasteiger partial charge in [-0.3, -0.25) is 0 Å². The van der Waals surface area contributed by atoms with Gasteiger partial charge in [0.2, 0.25) is 0 Å². The highest BCUT2D eigenvalue weighted by atomic mass is 15.2. The van der Waals surface area contributed by atoms with Gasteiger partial charge in [0.1, 0.15) is 0 Å². The van der Waals surface area contributed by atoms with Gasteiger partial charge in [-0.25, -0.2) is 0 Å². The maximum absolute atomic E-state index is 2.85. The van der Waals surface area contributed by atoms with Gasteiger partial charge in [-0.2, -0.15) is 0 Å². The van der Waals surface area contributed by atoms with Crippen LogP contribution in [0, 0.1) is 23.2 Å². The van der Waals surface area contributed by atoms with E-state index in [1.54, 1.807) is 12.8 Å². The summed E-state index contributed by atoms with van der Waals surface area (Å²) in [5, 5.41) is 0. The molecule has 3 fully saturated rings. The van der Waals surface area contributed by atoms with Gasteiger partial charge in [-0.1, -0.05) is 27.2 Å². The molecule has 1 nitrogen and oxygen atoms in total. The summed E-state index contributed by atoms with van der Waals surface area (Å²) in [6, 6.07) is 0.981. The van der Waals surface area contributed by atoms with Crippen molar-refractivity contribution in [1.29, 1.82) is 0 Å². The van der Waals surface area contributed by atoms with Gasteiger partial charge in [0.25, 0.3) is 0 Å². The Hall–Kier alpha value is -0.0400. The molecule has 3 atom stereocenters. The number of rotatable bonds is 1. The fraction of sp³-hybridized carbons (Fsp3) is 1.00. The van der Waals surface area contributed by atoms with E-state index in [1.165, 1.54) is 38.8 Å². The normalized spacial score (nSPS) is 40.1. The highest BCUT2D eigenvalue weighted by Gasteiger charge is 2.43. The van der Waals surface area contributed by atoms with Crippen LogP contribution in [0.4, 0.5) is 0 Å². The summed E-state index contributed by atoms with van der Waals surface area (Å²) < 4.78 is 0. The number of nitrogens with zero attached hydrogens (tertiary/aromatic N) is 1. The van der Waals surface area contributed by atoms with Gasteiger partial charge in [0.05, 0.1) is 0 Å². The van der Waals surface area contributed by atoms with Crippen LogP contribution in [-0.4, -0.2) is 24.0 Å². The Morgan fingerprint density at radius 3 is 2.06 bits per heavy atom. The number of hydrogen-bond donors (Lipinski definition) is 0. The molecule has 0 aromatic rings. The lowest BCUT2D eigenvalue weighted by atomic mass is 9.75. The Morgan fingerprint density at radius 1 is 0.882 bits per heavy atom. The van der Waals surface area contributed by atoms with Crippen LogP contribution in [0.1, 0.15) is 59.3 Å². The van der Waals surface area contributed by atoms with Gasteiger partial charge < -0.3 is 4.90 Å². The van der Waals surface area contributed by atoms with Crippen molar-refractivity contribution in [1.82, 2.24) is 4.90 Å². The van der Waals surface area contributed by atoms with Crippen molar-refractivity contribution < 1.29 is 0 Å². The largest absolute Gasteiger partial charge is 0.300 e. The second-order valence-corrected chi connectivity index (χ2v) is 7.92. The maximum atomic E-state index is 2.85. The molecule has 0 amide bonds. The minimum absolute atomic E-state index is 0.529. The molecule has 0 aromatic heterocycles. The van der Waals surface area contributed by atoms with E-state index in [1.807, 2.05) is 0 Å². The maximum Gasteiger partial charge on any atom is 0.0126 e. The van der Waals surface area contributed by atoms with Crippen LogP contribution in [-0.2, 0) is 0 Å². The average Bonchev–Trinajstić information content (AvgIpc) is 2.89. The number of piperidine rings is 1. The third-order valence-electron chi connectivity index (χ3n) is 5.92. The quantitative estimate of drug-likeness (QED) is 0.665. The molecule has 0 radical (unpaired) electrons. The first kappa shape index (κ1) is 12.0. The summed E-state index contributed by atoms with van der Waals surface area (Å²) in [7, 11) is 0. The Kier molecular flexibility index (Phi) is 3.01. The summed E-state index contributed by atoms with van der Waals surface area (Å²) in [6.07, 6.45) is 9.05. The van der Waals surface area contributed by atoms with Gasteiger partial charge in [0.15, 0.2) is 0 Å². The van der Waals surface area contributed by atoms with Crippen molar-refractivity contribution in [3.05, 3.63) is 0 Å². The average molecular weight is 235 g/mol. The first-order valence-corrected chi connectivity index (χ1v) is 7.78. The fourth-order valence-electron chi connectivity index (χ4n) is 4.76. The smallest absolute Gasteiger partial charge is 0.0126 e. The van der Waals surface area contributed by atoms with E-state index < -0.39 is 0 Å². The van der Waals surface area contributed by atoms with Crippen molar-refractivity contribution in [2.24, 2.45) is 23.2 Å². The van der Waals surface area contributed by atoms with Crippen LogP contribution in [0.15, 0.2) is 0 Å². The van der Waals surface area contributed by atoms with Gasteiger partial charge in [-0.15, -0.1) is 0 Å². The zero-order chi connectivity index (χ0) is 12.0. The molecule has 3 aliphatic rings. The molecular weight excluding hydrogens is 206 g/mol. The number of hydrogen-bond acceptors (Lipinski definition) is 1. The molecule has 98 valence electrons. The Bertz CT molecular complexity index is 270. The molecule has 2 aliphatic carbocycles. The van der Waals surface area contributed by atoms with E-state index in [9.17, 15) is 0 Å². The second-order valence-electron chi connectivity index (χ2n) is 7.92. The van der Waals surface area contributed by atoms with Crippen molar-refractivity contribution in [3.8, 4) is 0 Å². The molecule has 0 unspecified atom stereocenters. The first-order chi connectivity index (χ1) is 8.04. The van der Waals surface area contributed by atoms with Crippen molar-refractivity contribution in [2.45, 2.75) is 65.3 Å². The molecule has 2 saturated carbocycles. The van der Waals surface area contributed by atoms with E-state index in [4.69, 9.17) is 0 Å².